The third-order valence-electron chi connectivity index (χ3n) is 5.65. The molecule has 2 atom stereocenters. The Kier molecular flexibility index (Phi) is 10.4. The van der Waals surface area contributed by atoms with Gasteiger partial charge in [-0.15, -0.1) is 0 Å². The molecule has 192 valence electrons. The molecule has 0 spiro atoms. The Morgan fingerprint density at radius 1 is 1.09 bits per heavy atom. The molecule has 2 rings (SSSR count). The first-order valence-electron chi connectivity index (χ1n) is 11.5. The van der Waals surface area contributed by atoms with E-state index in [0.29, 0.717) is 17.2 Å². The first-order valence-corrected chi connectivity index (χ1v) is 13.7. The second-order valence-corrected chi connectivity index (χ2v) is 10.7. The van der Waals surface area contributed by atoms with Gasteiger partial charge in [-0.2, -0.15) is 0 Å². The summed E-state index contributed by atoms with van der Waals surface area (Å²) in [7, 11) is -2.27. The van der Waals surface area contributed by atoms with Gasteiger partial charge in [0.1, 0.15) is 18.3 Å². The fourth-order valence-corrected chi connectivity index (χ4v) is 4.60. The van der Waals surface area contributed by atoms with E-state index < -0.39 is 28.5 Å². The van der Waals surface area contributed by atoms with Gasteiger partial charge in [-0.1, -0.05) is 43.6 Å². The van der Waals surface area contributed by atoms with Crippen LogP contribution in [-0.4, -0.2) is 57.1 Å². The maximum atomic E-state index is 13.7. The summed E-state index contributed by atoms with van der Waals surface area (Å²) in [5, 5.41) is 3.28. The van der Waals surface area contributed by atoms with Crippen LogP contribution in [0.1, 0.15) is 39.2 Å². The fraction of sp³-hybridized carbons (Fsp3) is 0.440. The van der Waals surface area contributed by atoms with Crippen molar-refractivity contribution in [2.75, 3.05) is 24.2 Å². The number of amides is 2. The number of hydrogen-bond acceptors (Lipinski definition) is 5. The lowest BCUT2D eigenvalue weighted by Crippen LogP contribution is -2.53. The first-order chi connectivity index (χ1) is 16.5. The maximum Gasteiger partial charge on any atom is 0.244 e. The van der Waals surface area contributed by atoms with Crippen LogP contribution in [0.3, 0.4) is 0 Å². The Hall–Kier alpha value is -2.78. The van der Waals surface area contributed by atoms with Gasteiger partial charge in [0.25, 0.3) is 0 Å². The normalized spacial score (nSPS) is 13.0. The van der Waals surface area contributed by atoms with Crippen molar-refractivity contribution in [1.29, 1.82) is 0 Å². The van der Waals surface area contributed by atoms with Crippen LogP contribution in [0.4, 0.5) is 5.69 Å². The lowest BCUT2D eigenvalue weighted by molar-refractivity contribution is -0.140. The molecule has 0 radical (unpaired) electrons. The van der Waals surface area contributed by atoms with Crippen LogP contribution in [0, 0.1) is 0 Å². The van der Waals surface area contributed by atoms with Crippen molar-refractivity contribution in [2.24, 2.45) is 0 Å². The Balaban J connectivity index is 2.45. The molecule has 0 saturated carbocycles. The predicted octanol–water partition coefficient (Wildman–Crippen LogP) is 3.84. The molecule has 0 unspecified atom stereocenters. The summed E-state index contributed by atoms with van der Waals surface area (Å²) in [6.45, 7) is 5.30. The van der Waals surface area contributed by atoms with Crippen LogP contribution >= 0.6 is 11.6 Å². The minimum Gasteiger partial charge on any atom is -0.497 e. The minimum atomic E-state index is -3.82. The van der Waals surface area contributed by atoms with Crippen molar-refractivity contribution in [2.45, 2.75) is 52.2 Å². The minimum absolute atomic E-state index is 0.0655. The van der Waals surface area contributed by atoms with Gasteiger partial charge in [-0.25, -0.2) is 8.42 Å². The summed E-state index contributed by atoms with van der Waals surface area (Å²) >= 11 is 6.07. The van der Waals surface area contributed by atoms with Crippen molar-refractivity contribution in [3.05, 3.63) is 59.1 Å². The molecule has 2 aromatic carbocycles. The number of ether oxygens (including phenoxy) is 1. The van der Waals surface area contributed by atoms with E-state index in [9.17, 15) is 18.0 Å². The van der Waals surface area contributed by atoms with E-state index in [0.717, 1.165) is 22.5 Å². The van der Waals surface area contributed by atoms with Gasteiger partial charge in [0.05, 0.1) is 19.1 Å². The highest BCUT2D eigenvalue weighted by molar-refractivity contribution is 7.92. The maximum absolute atomic E-state index is 13.7. The number of carbonyl (C=O) groups is 2. The number of methoxy groups -OCH3 is 1. The molecule has 0 heterocycles. The van der Waals surface area contributed by atoms with Gasteiger partial charge < -0.3 is 15.0 Å². The number of hydrogen-bond donors (Lipinski definition) is 1. The topological polar surface area (TPSA) is 96.0 Å². The van der Waals surface area contributed by atoms with E-state index in [1.54, 1.807) is 43.5 Å². The number of nitrogens with zero attached hydrogens (tertiary/aromatic N) is 2. The van der Waals surface area contributed by atoms with Crippen LogP contribution in [-0.2, 0) is 26.2 Å². The quantitative estimate of drug-likeness (QED) is 0.456. The molecule has 1 N–H and O–H groups in total. The molecule has 0 aliphatic heterocycles. The summed E-state index contributed by atoms with van der Waals surface area (Å²) in [5.41, 5.74) is 1.02. The zero-order valence-corrected chi connectivity index (χ0v) is 22.4. The molecule has 8 nitrogen and oxygen atoms in total. The zero-order valence-electron chi connectivity index (χ0n) is 20.8. The van der Waals surface area contributed by atoms with E-state index in [-0.39, 0.29) is 24.2 Å². The van der Waals surface area contributed by atoms with E-state index in [1.165, 1.54) is 11.0 Å². The molecule has 0 fully saturated rings. The van der Waals surface area contributed by atoms with E-state index in [4.69, 9.17) is 16.3 Å². The lowest BCUT2D eigenvalue weighted by atomic mass is 10.1. The van der Waals surface area contributed by atoms with Gasteiger partial charge in [0.15, 0.2) is 0 Å². The van der Waals surface area contributed by atoms with Crippen molar-refractivity contribution in [3.63, 3.8) is 0 Å². The van der Waals surface area contributed by atoms with Crippen LogP contribution in [0.5, 0.6) is 5.75 Å². The van der Waals surface area contributed by atoms with Gasteiger partial charge in [-0.05, 0) is 55.7 Å². The molecule has 2 aromatic rings. The van der Waals surface area contributed by atoms with Crippen molar-refractivity contribution >= 4 is 39.1 Å². The molecule has 35 heavy (non-hydrogen) atoms. The summed E-state index contributed by atoms with van der Waals surface area (Å²) < 4.78 is 31.5. The number of nitrogens with one attached hydrogen (secondary N) is 1. The summed E-state index contributed by atoms with van der Waals surface area (Å²) in [6, 6.07) is 12.6. The molecule has 2 amide bonds. The number of carbonyl (C=O) groups excluding carboxylic acids is 2. The highest BCUT2D eigenvalue weighted by Crippen LogP contribution is 2.23. The van der Waals surface area contributed by atoms with E-state index in [1.807, 2.05) is 26.8 Å². The number of halogens is 1. The average molecular weight is 524 g/mol. The smallest absolute Gasteiger partial charge is 0.244 e. The lowest BCUT2D eigenvalue weighted by Gasteiger charge is -2.33. The second-order valence-electron chi connectivity index (χ2n) is 8.36. The van der Waals surface area contributed by atoms with Crippen molar-refractivity contribution in [1.82, 2.24) is 10.2 Å². The largest absolute Gasteiger partial charge is 0.497 e. The average Bonchev–Trinajstić information content (AvgIpc) is 2.81. The predicted molar refractivity (Wildman–Crippen MR) is 139 cm³/mol. The molecule has 0 aliphatic rings. The summed E-state index contributed by atoms with van der Waals surface area (Å²) in [4.78, 5) is 28.2. The third-order valence-corrected chi connectivity index (χ3v) is 7.03. The molecular formula is C25H34ClN3O5S. The number of rotatable bonds is 12. The highest BCUT2D eigenvalue weighted by Gasteiger charge is 2.32. The fourth-order valence-electron chi connectivity index (χ4n) is 3.57. The Morgan fingerprint density at radius 2 is 1.77 bits per heavy atom. The molecule has 0 aliphatic carbocycles. The molecule has 0 bridgehead atoms. The van der Waals surface area contributed by atoms with Gasteiger partial charge in [0.2, 0.25) is 21.8 Å². The Bertz CT molecular complexity index is 1130. The first kappa shape index (κ1) is 28.5. The number of sulfonamides is 1. The van der Waals surface area contributed by atoms with E-state index >= 15 is 0 Å². The van der Waals surface area contributed by atoms with Gasteiger partial charge in [0, 0.05) is 17.6 Å². The van der Waals surface area contributed by atoms with Crippen LogP contribution < -0.4 is 14.4 Å². The number of anilines is 1. The number of benzene rings is 2. The van der Waals surface area contributed by atoms with Crippen LogP contribution in [0.25, 0.3) is 0 Å². The monoisotopic (exact) mass is 523 g/mol. The second kappa shape index (κ2) is 12.8. The zero-order chi connectivity index (χ0) is 26.2. The van der Waals surface area contributed by atoms with E-state index in [2.05, 4.69) is 5.32 Å². The van der Waals surface area contributed by atoms with Crippen molar-refractivity contribution < 1.29 is 22.7 Å². The molecule has 0 saturated heterocycles. The van der Waals surface area contributed by atoms with Crippen LogP contribution in [0.15, 0.2) is 48.5 Å². The Morgan fingerprint density at radius 3 is 2.34 bits per heavy atom. The molecular weight excluding hydrogens is 490 g/mol. The van der Waals surface area contributed by atoms with Crippen LogP contribution in [0.2, 0.25) is 5.02 Å². The molecule has 0 aromatic heterocycles. The van der Waals surface area contributed by atoms with Crippen molar-refractivity contribution in [3.8, 4) is 5.75 Å². The SMILES string of the molecule is CC[C@@H](C)NC(=O)[C@H](CC)N(Cc1cccc(OC)c1)C(=O)CN(c1cccc(Cl)c1)S(C)(=O)=O. The van der Waals surface area contributed by atoms with Gasteiger partial charge in [-0.3, -0.25) is 13.9 Å². The third kappa shape index (κ3) is 8.14. The summed E-state index contributed by atoms with van der Waals surface area (Å²) in [6.07, 6.45) is 2.12. The Labute approximate surface area is 213 Å². The summed E-state index contributed by atoms with van der Waals surface area (Å²) in [5.74, 6) is -0.181. The molecule has 10 heteroatoms. The highest BCUT2D eigenvalue weighted by atomic mass is 35.5. The standard InChI is InChI=1S/C25H34ClN3O5S/c1-6-18(3)27-25(31)23(7-2)28(16-19-10-8-13-22(14-19)34-4)24(30)17-29(35(5,32)33)21-12-9-11-20(26)15-21/h8-15,18,23H,6-7,16-17H2,1-5H3,(H,27,31)/t18-,23+/m1/s1. The van der Waals surface area contributed by atoms with Gasteiger partial charge >= 0.3 is 0 Å².